The van der Waals surface area contributed by atoms with Crippen molar-refractivity contribution in [1.82, 2.24) is 5.32 Å². The van der Waals surface area contributed by atoms with Crippen molar-refractivity contribution in [3.05, 3.63) is 23.7 Å². The van der Waals surface area contributed by atoms with Crippen molar-refractivity contribution in [2.24, 2.45) is 0 Å². The van der Waals surface area contributed by atoms with E-state index in [0.717, 1.165) is 25.5 Å². The first-order chi connectivity index (χ1) is 8.48. The van der Waals surface area contributed by atoms with Crippen LogP contribution in [0.25, 0.3) is 0 Å². The smallest absolute Gasteiger partial charge is 0.338 e. The Morgan fingerprint density at radius 1 is 1.28 bits per heavy atom. The third kappa shape index (κ3) is 2.91. The molecule has 1 amide bonds. The first kappa shape index (κ1) is 14.3. The van der Waals surface area contributed by atoms with Crippen LogP contribution in [-0.4, -0.2) is 22.5 Å². The van der Waals surface area contributed by atoms with Crippen LogP contribution in [0, 0.1) is 0 Å². The van der Waals surface area contributed by atoms with Crippen molar-refractivity contribution in [3.8, 4) is 0 Å². The lowest BCUT2D eigenvalue weighted by atomic mass is 9.89. The topological polar surface area (TPSA) is 79.5 Å². The van der Waals surface area contributed by atoms with Gasteiger partial charge in [0.05, 0.1) is 5.56 Å². The number of carbonyl (C=O) groups is 2. The van der Waals surface area contributed by atoms with Gasteiger partial charge in [-0.2, -0.15) is 0 Å². The Labute approximate surface area is 106 Å². The van der Waals surface area contributed by atoms with Crippen LogP contribution in [0.2, 0.25) is 0 Å². The molecular formula is C13H19NO4. The van der Waals surface area contributed by atoms with Crippen LogP contribution in [0.15, 0.2) is 16.7 Å². The van der Waals surface area contributed by atoms with E-state index >= 15 is 0 Å². The number of nitrogens with one attached hydrogen (secondary N) is 1. The second-order valence-corrected chi connectivity index (χ2v) is 4.30. The molecule has 18 heavy (non-hydrogen) atoms. The fourth-order valence-electron chi connectivity index (χ4n) is 1.89. The Balaban J connectivity index is 2.84. The highest BCUT2D eigenvalue weighted by atomic mass is 16.4. The Bertz CT molecular complexity index is 424. The van der Waals surface area contributed by atoms with Crippen LogP contribution in [0.4, 0.5) is 0 Å². The van der Waals surface area contributed by atoms with Gasteiger partial charge in [-0.3, -0.25) is 4.79 Å². The number of hydrogen-bond donors (Lipinski definition) is 2. The Morgan fingerprint density at radius 3 is 2.22 bits per heavy atom. The first-order valence-corrected chi connectivity index (χ1v) is 6.12. The quantitative estimate of drug-likeness (QED) is 0.816. The van der Waals surface area contributed by atoms with E-state index in [1.54, 1.807) is 0 Å². The summed E-state index contributed by atoms with van der Waals surface area (Å²) in [6, 6.07) is 1.24. The van der Waals surface area contributed by atoms with Gasteiger partial charge in [0, 0.05) is 11.6 Å². The van der Waals surface area contributed by atoms with Gasteiger partial charge in [0.15, 0.2) is 5.76 Å². The van der Waals surface area contributed by atoms with Gasteiger partial charge in [-0.15, -0.1) is 0 Å². The molecule has 0 atom stereocenters. The van der Waals surface area contributed by atoms with Crippen molar-refractivity contribution in [1.29, 1.82) is 0 Å². The molecule has 0 saturated heterocycles. The second kappa shape index (κ2) is 5.71. The summed E-state index contributed by atoms with van der Waals surface area (Å²) in [4.78, 5) is 22.7. The SMILES string of the molecule is CCC(CC)(CC)NC(=O)c1cc(C(=O)O)co1. The maximum absolute atomic E-state index is 12.0. The summed E-state index contributed by atoms with van der Waals surface area (Å²) in [6.45, 7) is 6.04. The van der Waals surface area contributed by atoms with Gasteiger partial charge >= 0.3 is 5.97 Å². The number of rotatable bonds is 6. The molecule has 0 fully saturated rings. The van der Waals surface area contributed by atoms with Gasteiger partial charge in [-0.05, 0) is 19.3 Å². The average molecular weight is 253 g/mol. The summed E-state index contributed by atoms with van der Waals surface area (Å²) in [6.07, 6.45) is 3.53. The molecule has 5 heteroatoms. The highest BCUT2D eigenvalue weighted by Crippen LogP contribution is 2.20. The normalized spacial score (nSPS) is 11.3. The molecular weight excluding hydrogens is 234 g/mol. The predicted octanol–water partition coefficient (Wildman–Crippen LogP) is 2.68. The fraction of sp³-hybridized carbons (Fsp3) is 0.538. The lowest BCUT2D eigenvalue weighted by molar-refractivity contribution is 0.0695. The summed E-state index contributed by atoms with van der Waals surface area (Å²) < 4.78 is 4.97. The Hall–Kier alpha value is -1.78. The molecule has 1 rings (SSSR count). The van der Waals surface area contributed by atoms with Crippen LogP contribution < -0.4 is 5.32 Å². The van der Waals surface area contributed by atoms with Crippen LogP contribution in [0.3, 0.4) is 0 Å². The van der Waals surface area contributed by atoms with E-state index in [-0.39, 0.29) is 22.8 Å². The summed E-state index contributed by atoms with van der Waals surface area (Å²) in [5, 5.41) is 11.7. The van der Waals surface area contributed by atoms with Gasteiger partial charge in [0.1, 0.15) is 6.26 Å². The van der Waals surface area contributed by atoms with E-state index in [1.807, 2.05) is 20.8 Å². The molecule has 0 aliphatic carbocycles. The molecule has 1 aromatic heterocycles. The van der Waals surface area contributed by atoms with E-state index in [0.29, 0.717) is 0 Å². The number of carbonyl (C=O) groups excluding carboxylic acids is 1. The van der Waals surface area contributed by atoms with Crippen molar-refractivity contribution in [2.45, 2.75) is 45.6 Å². The highest BCUT2D eigenvalue weighted by molar-refractivity contribution is 5.95. The number of hydrogen-bond acceptors (Lipinski definition) is 3. The zero-order valence-electron chi connectivity index (χ0n) is 10.9. The van der Waals surface area contributed by atoms with Crippen LogP contribution in [-0.2, 0) is 0 Å². The van der Waals surface area contributed by atoms with E-state index in [9.17, 15) is 9.59 Å². The zero-order valence-corrected chi connectivity index (χ0v) is 10.9. The summed E-state index contributed by atoms with van der Waals surface area (Å²) in [5.41, 5.74) is -0.275. The Kier molecular flexibility index (Phi) is 4.53. The van der Waals surface area contributed by atoms with E-state index in [4.69, 9.17) is 9.52 Å². The highest BCUT2D eigenvalue weighted by Gasteiger charge is 2.27. The van der Waals surface area contributed by atoms with Crippen LogP contribution in [0.5, 0.6) is 0 Å². The molecule has 0 aliphatic heterocycles. The number of carboxylic acids is 1. The molecule has 0 saturated carbocycles. The van der Waals surface area contributed by atoms with Gasteiger partial charge in [0.2, 0.25) is 0 Å². The maximum Gasteiger partial charge on any atom is 0.338 e. The van der Waals surface area contributed by atoms with E-state index in [1.165, 1.54) is 6.07 Å². The molecule has 1 heterocycles. The van der Waals surface area contributed by atoms with Crippen molar-refractivity contribution in [3.63, 3.8) is 0 Å². The third-order valence-electron chi connectivity index (χ3n) is 3.48. The molecule has 0 radical (unpaired) electrons. The molecule has 5 nitrogen and oxygen atoms in total. The minimum Gasteiger partial charge on any atom is -0.478 e. The lowest BCUT2D eigenvalue weighted by Gasteiger charge is -2.31. The molecule has 0 spiro atoms. The summed E-state index contributed by atoms with van der Waals surface area (Å²) >= 11 is 0. The number of aromatic carboxylic acids is 1. The maximum atomic E-state index is 12.0. The minimum absolute atomic E-state index is 0.0183. The van der Waals surface area contributed by atoms with Crippen LogP contribution in [0.1, 0.15) is 60.9 Å². The molecule has 0 bridgehead atoms. The molecule has 1 aromatic rings. The number of carboxylic acid groups (broad SMARTS) is 1. The van der Waals surface area contributed by atoms with Gasteiger partial charge in [-0.1, -0.05) is 20.8 Å². The minimum atomic E-state index is -1.11. The molecule has 0 aliphatic rings. The number of furan rings is 1. The molecule has 100 valence electrons. The fourth-order valence-corrected chi connectivity index (χ4v) is 1.89. The summed E-state index contributed by atoms with van der Waals surface area (Å²) in [5.74, 6) is -1.44. The lowest BCUT2D eigenvalue weighted by Crippen LogP contribution is -2.47. The third-order valence-corrected chi connectivity index (χ3v) is 3.48. The molecule has 2 N–H and O–H groups in total. The monoisotopic (exact) mass is 253 g/mol. The van der Waals surface area contributed by atoms with E-state index < -0.39 is 5.97 Å². The van der Waals surface area contributed by atoms with Gasteiger partial charge in [0.25, 0.3) is 5.91 Å². The van der Waals surface area contributed by atoms with Crippen molar-refractivity contribution >= 4 is 11.9 Å². The second-order valence-electron chi connectivity index (χ2n) is 4.30. The van der Waals surface area contributed by atoms with Crippen molar-refractivity contribution in [2.75, 3.05) is 0 Å². The van der Waals surface area contributed by atoms with Gasteiger partial charge in [-0.25, -0.2) is 4.79 Å². The first-order valence-electron chi connectivity index (χ1n) is 6.12. The van der Waals surface area contributed by atoms with Crippen molar-refractivity contribution < 1.29 is 19.1 Å². The molecule has 0 aromatic carbocycles. The van der Waals surface area contributed by atoms with E-state index in [2.05, 4.69) is 5.32 Å². The molecule has 0 unspecified atom stereocenters. The largest absolute Gasteiger partial charge is 0.478 e. The average Bonchev–Trinajstić information content (AvgIpc) is 2.86. The summed E-state index contributed by atoms with van der Waals surface area (Å²) in [7, 11) is 0. The Morgan fingerprint density at radius 2 is 1.83 bits per heavy atom. The standard InChI is InChI=1S/C13H19NO4/c1-4-13(5-2,6-3)14-11(15)10-7-9(8-18-10)12(16)17/h7-8H,4-6H2,1-3H3,(H,14,15)(H,16,17). The zero-order chi connectivity index (χ0) is 13.8. The number of amides is 1. The van der Waals surface area contributed by atoms with Gasteiger partial charge < -0.3 is 14.8 Å². The predicted molar refractivity (Wildman–Crippen MR) is 66.7 cm³/mol. The van der Waals surface area contributed by atoms with Crippen LogP contribution >= 0.6 is 0 Å².